The number of hydrogen-bond donors (Lipinski definition) is 0. The third-order valence-electron chi connectivity index (χ3n) is 4.01. The summed E-state index contributed by atoms with van der Waals surface area (Å²) >= 11 is 0. The van der Waals surface area contributed by atoms with Gasteiger partial charge in [-0.15, -0.1) is 0 Å². The third-order valence-corrected chi connectivity index (χ3v) is 4.01. The molecule has 1 aromatic carbocycles. The molecule has 0 radical (unpaired) electrons. The van der Waals surface area contributed by atoms with Crippen molar-refractivity contribution < 1.29 is 13.9 Å². The molecule has 1 atom stereocenters. The summed E-state index contributed by atoms with van der Waals surface area (Å²) in [5, 5.41) is 0. The first-order valence-electron chi connectivity index (χ1n) is 8.13. The maximum absolute atomic E-state index is 12.8. The Balaban J connectivity index is 1.76. The molecule has 6 nitrogen and oxygen atoms in total. The predicted octanol–water partition coefficient (Wildman–Crippen LogP) is 2.05. The van der Waals surface area contributed by atoms with Gasteiger partial charge in [0, 0.05) is 25.2 Å². The van der Waals surface area contributed by atoms with Gasteiger partial charge in [-0.3, -0.25) is 4.79 Å². The number of amides is 1. The second-order valence-corrected chi connectivity index (χ2v) is 6.31. The van der Waals surface area contributed by atoms with E-state index in [4.69, 9.17) is 9.15 Å². The maximum atomic E-state index is 12.8. The van der Waals surface area contributed by atoms with Crippen LogP contribution in [0.1, 0.15) is 16.2 Å². The van der Waals surface area contributed by atoms with Crippen LogP contribution in [0, 0.1) is 6.92 Å². The van der Waals surface area contributed by atoms with Crippen molar-refractivity contribution in [2.75, 3.05) is 40.3 Å². The van der Waals surface area contributed by atoms with Crippen molar-refractivity contribution >= 4 is 5.91 Å². The molecule has 0 aliphatic carbocycles. The van der Waals surface area contributed by atoms with E-state index in [-0.39, 0.29) is 12.0 Å². The lowest BCUT2D eigenvalue weighted by Gasteiger charge is -2.33. The molecule has 0 saturated carbocycles. The lowest BCUT2D eigenvalue weighted by atomic mass is 10.2. The molecule has 24 heavy (non-hydrogen) atoms. The highest BCUT2D eigenvalue weighted by atomic mass is 16.5. The Labute approximate surface area is 142 Å². The number of carbonyl (C=O) groups excluding carboxylic acids is 1. The van der Waals surface area contributed by atoms with Gasteiger partial charge in [0.2, 0.25) is 11.7 Å². The van der Waals surface area contributed by atoms with Gasteiger partial charge in [-0.05, 0) is 33.2 Å². The Hall–Kier alpha value is -2.18. The quantitative estimate of drug-likeness (QED) is 0.859. The number of ether oxygens (including phenoxy) is 1. The van der Waals surface area contributed by atoms with Crippen LogP contribution >= 0.6 is 0 Å². The van der Waals surface area contributed by atoms with Gasteiger partial charge in [-0.25, -0.2) is 4.98 Å². The molecular weight excluding hydrogens is 306 g/mol. The average Bonchev–Trinajstić information content (AvgIpc) is 2.96. The Kier molecular flexibility index (Phi) is 4.97. The van der Waals surface area contributed by atoms with Crippen LogP contribution in [0.15, 0.2) is 34.7 Å². The molecule has 1 fully saturated rings. The predicted molar refractivity (Wildman–Crippen MR) is 90.9 cm³/mol. The van der Waals surface area contributed by atoms with Gasteiger partial charge in [-0.1, -0.05) is 18.2 Å². The largest absolute Gasteiger partial charge is 0.431 e. The minimum Gasteiger partial charge on any atom is -0.431 e. The fraction of sp³-hybridized carbons (Fsp3) is 0.444. The smallest absolute Gasteiger partial charge is 0.291 e. The Morgan fingerprint density at radius 3 is 2.79 bits per heavy atom. The van der Waals surface area contributed by atoms with E-state index < -0.39 is 0 Å². The van der Waals surface area contributed by atoms with E-state index in [0.29, 0.717) is 37.0 Å². The number of morpholine rings is 1. The highest BCUT2D eigenvalue weighted by Crippen LogP contribution is 2.23. The van der Waals surface area contributed by atoms with E-state index in [1.54, 1.807) is 11.8 Å². The summed E-state index contributed by atoms with van der Waals surface area (Å²) < 4.78 is 11.5. The molecule has 2 heterocycles. The topological polar surface area (TPSA) is 58.8 Å². The van der Waals surface area contributed by atoms with E-state index in [0.717, 1.165) is 12.1 Å². The molecule has 0 N–H and O–H groups in total. The summed E-state index contributed by atoms with van der Waals surface area (Å²) in [7, 11) is 3.99. The number of nitrogens with zero attached hydrogens (tertiary/aromatic N) is 3. The lowest BCUT2D eigenvalue weighted by molar-refractivity contribution is -0.0314. The van der Waals surface area contributed by atoms with Crippen molar-refractivity contribution in [3.8, 4) is 11.5 Å². The lowest BCUT2D eigenvalue weighted by Crippen LogP contribution is -2.48. The van der Waals surface area contributed by atoms with Gasteiger partial charge in [-0.2, -0.15) is 0 Å². The Bertz CT molecular complexity index is 697. The van der Waals surface area contributed by atoms with Gasteiger partial charge < -0.3 is 19.0 Å². The van der Waals surface area contributed by atoms with Crippen molar-refractivity contribution in [2.45, 2.75) is 13.0 Å². The van der Waals surface area contributed by atoms with Gasteiger partial charge in [0.25, 0.3) is 5.91 Å². The first kappa shape index (κ1) is 16.7. The Morgan fingerprint density at radius 1 is 1.33 bits per heavy atom. The van der Waals surface area contributed by atoms with Crippen LogP contribution in [0.4, 0.5) is 0 Å². The molecule has 1 aliphatic heterocycles. The molecule has 1 saturated heterocycles. The van der Waals surface area contributed by atoms with Gasteiger partial charge in [0.05, 0.1) is 18.4 Å². The van der Waals surface area contributed by atoms with Crippen molar-refractivity contribution in [3.05, 3.63) is 41.8 Å². The van der Waals surface area contributed by atoms with Gasteiger partial charge in [0.15, 0.2) is 0 Å². The van der Waals surface area contributed by atoms with Crippen LogP contribution in [-0.2, 0) is 4.74 Å². The Morgan fingerprint density at radius 2 is 2.08 bits per heavy atom. The van der Waals surface area contributed by atoms with Crippen LogP contribution in [0.5, 0.6) is 0 Å². The third kappa shape index (κ3) is 3.66. The van der Waals surface area contributed by atoms with E-state index in [9.17, 15) is 4.79 Å². The van der Waals surface area contributed by atoms with Crippen LogP contribution in [0.3, 0.4) is 0 Å². The van der Waals surface area contributed by atoms with Crippen LogP contribution < -0.4 is 0 Å². The van der Waals surface area contributed by atoms with E-state index in [2.05, 4.69) is 9.88 Å². The molecule has 1 amide bonds. The summed E-state index contributed by atoms with van der Waals surface area (Å²) in [4.78, 5) is 21.1. The number of likely N-dealkylation sites (N-methyl/N-ethyl adjacent to an activating group) is 1. The van der Waals surface area contributed by atoms with E-state index in [1.165, 1.54) is 0 Å². The van der Waals surface area contributed by atoms with Crippen molar-refractivity contribution in [2.24, 2.45) is 0 Å². The monoisotopic (exact) mass is 329 g/mol. The molecule has 1 aliphatic rings. The SMILES string of the molecule is Cc1nc(-c2ccccc2)oc1C(=O)N1CCOC(CN(C)C)C1. The number of hydrogen-bond acceptors (Lipinski definition) is 5. The standard InChI is InChI=1S/C18H23N3O3/c1-13-16(24-17(19-13)14-7-5-4-6-8-14)18(22)21-9-10-23-15(12-21)11-20(2)3/h4-8,15H,9-12H2,1-3H3. The molecule has 1 unspecified atom stereocenters. The zero-order valence-electron chi connectivity index (χ0n) is 14.4. The maximum Gasteiger partial charge on any atom is 0.291 e. The van der Waals surface area contributed by atoms with Crippen LogP contribution in [0.25, 0.3) is 11.5 Å². The second-order valence-electron chi connectivity index (χ2n) is 6.31. The van der Waals surface area contributed by atoms with Crippen LogP contribution in [0.2, 0.25) is 0 Å². The first-order chi connectivity index (χ1) is 11.5. The number of aromatic nitrogens is 1. The molecule has 1 aromatic heterocycles. The van der Waals surface area contributed by atoms with Crippen molar-refractivity contribution in [3.63, 3.8) is 0 Å². The fourth-order valence-electron chi connectivity index (χ4n) is 2.86. The molecule has 6 heteroatoms. The summed E-state index contributed by atoms with van der Waals surface area (Å²) in [6.45, 7) is 4.28. The highest BCUT2D eigenvalue weighted by molar-refractivity contribution is 5.93. The highest BCUT2D eigenvalue weighted by Gasteiger charge is 2.29. The van der Waals surface area contributed by atoms with Crippen LogP contribution in [-0.4, -0.2) is 67.1 Å². The number of carbonyl (C=O) groups is 1. The zero-order valence-corrected chi connectivity index (χ0v) is 14.4. The minimum absolute atomic E-state index is 0.0227. The van der Waals surface area contributed by atoms with Gasteiger partial charge >= 0.3 is 0 Å². The molecule has 2 aromatic rings. The molecule has 3 rings (SSSR count). The van der Waals surface area contributed by atoms with Crippen molar-refractivity contribution in [1.82, 2.24) is 14.8 Å². The molecule has 128 valence electrons. The fourth-order valence-corrected chi connectivity index (χ4v) is 2.86. The first-order valence-corrected chi connectivity index (χ1v) is 8.13. The summed E-state index contributed by atoms with van der Waals surface area (Å²) in [5.74, 6) is 0.683. The minimum atomic E-state index is -0.116. The second kappa shape index (κ2) is 7.15. The number of aryl methyl sites for hydroxylation is 1. The number of rotatable bonds is 4. The van der Waals surface area contributed by atoms with Gasteiger partial charge in [0.1, 0.15) is 0 Å². The van der Waals surface area contributed by atoms with E-state index >= 15 is 0 Å². The summed E-state index contributed by atoms with van der Waals surface area (Å²) in [6.07, 6.45) is 0.0227. The van der Waals surface area contributed by atoms with E-state index in [1.807, 2.05) is 44.4 Å². The molecule has 0 bridgehead atoms. The summed E-state index contributed by atoms with van der Waals surface area (Å²) in [5.41, 5.74) is 1.49. The average molecular weight is 329 g/mol. The zero-order chi connectivity index (χ0) is 17.1. The molecule has 0 spiro atoms. The number of oxazole rings is 1. The molecular formula is C18H23N3O3. The normalized spacial score (nSPS) is 18.2. The number of benzene rings is 1. The summed E-state index contributed by atoms with van der Waals surface area (Å²) in [6, 6.07) is 9.61. The van der Waals surface area contributed by atoms with Crippen molar-refractivity contribution in [1.29, 1.82) is 0 Å².